The molecule has 0 aliphatic carbocycles. The highest BCUT2D eigenvalue weighted by Crippen LogP contribution is 2.26. The van der Waals surface area contributed by atoms with E-state index in [9.17, 15) is 9.59 Å². The van der Waals surface area contributed by atoms with Crippen molar-refractivity contribution < 1.29 is 14.7 Å². The Morgan fingerprint density at radius 2 is 1.48 bits per heavy atom. The van der Waals surface area contributed by atoms with Crippen LogP contribution in [-0.2, 0) is 21.4 Å². The van der Waals surface area contributed by atoms with Crippen molar-refractivity contribution in [3.8, 4) is 22.5 Å². The van der Waals surface area contributed by atoms with Crippen molar-refractivity contribution in [3.05, 3.63) is 83.8 Å². The van der Waals surface area contributed by atoms with Crippen LogP contribution in [0.2, 0.25) is 0 Å². The highest BCUT2D eigenvalue weighted by Gasteiger charge is 2.16. The third-order valence-corrected chi connectivity index (χ3v) is 5.92. The van der Waals surface area contributed by atoms with E-state index in [0.29, 0.717) is 12.2 Å². The summed E-state index contributed by atoms with van der Waals surface area (Å²) in [6.07, 6.45) is 7.33. The zero-order valence-corrected chi connectivity index (χ0v) is 24.5. The predicted octanol–water partition coefficient (Wildman–Crippen LogP) is 4.65. The van der Waals surface area contributed by atoms with Crippen molar-refractivity contribution in [2.75, 3.05) is 7.11 Å². The number of nitrogens with two attached hydrogens (primary N) is 1. The molecule has 0 spiro atoms. The Morgan fingerprint density at radius 3 is 1.95 bits per heavy atom. The average molecular weight is 544 g/mol. The summed E-state index contributed by atoms with van der Waals surface area (Å²) >= 11 is 0. The Morgan fingerprint density at radius 1 is 0.925 bits per heavy atom. The van der Waals surface area contributed by atoms with Crippen LogP contribution in [0.15, 0.2) is 77.7 Å². The van der Waals surface area contributed by atoms with Gasteiger partial charge in [0.25, 0.3) is 5.91 Å². The summed E-state index contributed by atoms with van der Waals surface area (Å²) in [6.45, 7) is 12.3. The molecule has 2 aromatic carbocycles. The Balaban J connectivity index is 0.00000274. The van der Waals surface area contributed by atoms with Gasteiger partial charge in [-0.1, -0.05) is 69.3 Å². The van der Waals surface area contributed by atoms with Gasteiger partial charge in [0.2, 0.25) is 0 Å². The van der Waals surface area contributed by atoms with Crippen molar-refractivity contribution >= 4 is 18.4 Å². The second-order valence-corrected chi connectivity index (χ2v) is 11.3. The molecule has 0 aliphatic heterocycles. The maximum Gasteiger partial charge on any atom is 0.254 e. The molecule has 1 unspecified atom stereocenters. The van der Waals surface area contributed by atoms with Gasteiger partial charge in [0.05, 0.1) is 17.2 Å². The second kappa shape index (κ2) is 14.3. The number of nitrogens with one attached hydrogen (secondary N) is 1. The number of aliphatic hydroxyl groups is 1. The Hall–Kier alpha value is -4.17. The fraction of sp³-hybridized carbons (Fsp3) is 0.344. The van der Waals surface area contributed by atoms with E-state index >= 15 is 0 Å². The molecule has 8 nitrogen and oxygen atoms in total. The van der Waals surface area contributed by atoms with E-state index in [1.54, 1.807) is 0 Å². The van der Waals surface area contributed by atoms with Crippen LogP contribution in [0.1, 0.15) is 52.7 Å². The first-order chi connectivity index (χ1) is 18.9. The number of aldehydes is 1. The first-order valence-corrected chi connectivity index (χ1v) is 13.1. The van der Waals surface area contributed by atoms with Gasteiger partial charge in [-0.05, 0) is 49.3 Å². The van der Waals surface area contributed by atoms with Gasteiger partial charge in [0, 0.05) is 43.0 Å². The number of nitrogens with zero attached hydrogens (tertiary/aromatic N) is 3. The molecule has 0 bridgehead atoms. The summed E-state index contributed by atoms with van der Waals surface area (Å²) in [5.74, 6) is 0.165. The molecule has 3 rings (SSSR count). The van der Waals surface area contributed by atoms with Crippen LogP contribution in [0, 0.1) is 0 Å². The number of amides is 1. The second-order valence-electron chi connectivity index (χ2n) is 11.3. The molecule has 0 saturated heterocycles. The Kier molecular flexibility index (Phi) is 11.4. The van der Waals surface area contributed by atoms with E-state index in [0.717, 1.165) is 35.6 Å². The lowest BCUT2D eigenvalue weighted by Crippen LogP contribution is -2.39. The smallest absolute Gasteiger partial charge is 0.254 e. The molecule has 0 radical (unpaired) electrons. The zero-order chi connectivity index (χ0) is 29.9. The third kappa shape index (κ3) is 9.54. The van der Waals surface area contributed by atoms with E-state index in [1.807, 2.05) is 57.4 Å². The van der Waals surface area contributed by atoms with E-state index < -0.39 is 11.9 Å². The average Bonchev–Trinajstić information content (AvgIpc) is 2.93. The van der Waals surface area contributed by atoms with E-state index in [2.05, 4.69) is 65.3 Å². The van der Waals surface area contributed by atoms with Crippen molar-refractivity contribution in [2.24, 2.45) is 10.7 Å². The molecular weight excluding hydrogens is 502 g/mol. The van der Waals surface area contributed by atoms with Gasteiger partial charge in [-0.3, -0.25) is 9.79 Å². The quantitative estimate of drug-likeness (QED) is 0.215. The van der Waals surface area contributed by atoms with Gasteiger partial charge < -0.3 is 21.0 Å². The highest BCUT2D eigenvalue weighted by molar-refractivity contribution is 6.12. The predicted molar refractivity (Wildman–Crippen MR) is 162 cm³/mol. The van der Waals surface area contributed by atoms with Gasteiger partial charge in [-0.25, -0.2) is 9.97 Å². The molecule has 1 heterocycles. The number of hydrogen-bond donors (Lipinski definition) is 3. The molecular formula is C32H41N5O3. The molecule has 0 aliphatic rings. The summed E-state index contributed by atoms with van der Waals surface area (Å²) < 4.78 is 0. The molecule has 40 heavy (non-hydrogen) atoms. The van der Waals surface area contributed by atoms with Crippen molar-refractivity contribution in [1.29, 1.82) is 0 Å². The number of hydrogen-bond acceptors (Lipinski definition) is 7. The SMILES string of the molecule is CC(C)(C)N=C/C(=C\N)C(=O)NC(C=O)Cc1ccc(-c2ncc(-c3ccc(C(C)(C)C)cc3)cn2)cc1.CO. The molecule has 4 N–H and O–H groups in total. The molecule has 1 amide bonds. The summed E-state index contributed by atoms with van der Waals surface area (Å²) in [5, 5.41) is 9.71. The number of benzene rings is 2. The fourth-order valence-electron chi connectivity index (χ4n) is 3.66. The first kappa shape index (κ1) is 32.0. The maximum absolute atomic E-state index is 12.6. The van der Waals surface area contributed by atoms with Crippen molar-refractivity contribution in [3.63, 3.8) is 0 Å². The number of aliphatic hydroxyl groups excluding tert-OH is 1. The van der Waals surface area contributed by atoms with Gasteiger partial charge in [0.15, 0.2) is 5.82 Å². The molecule has 1 atom stereocenters. The van der Waals surface area contributed by atoms with E-state index in [-0.39, 0.29) is 16.5 Å². The van der Waals surface area contributed by atoms with Crippen LogP contribution in [0.5, 0.6) is 0 Å². The number of aliphatic imine (C=N–C) groups is 1. The van der Waals surface area contributed by atoms with Crippen LogP contribution < -0.4 is 11.1 Å². The van der Waals surface area contributed by atoms with Gasteiger partial charge in [-0.2, -0.15) is 0 Å². The molecule has 8 heteroatoms. The largest absolute Gasteiger partial charge is 0.404 e. The normalized spacial score (nSPS) is 12.8. The Labute approximate surface area is 237 Å². The maximum atomic E-state index is 12.6. The first-order valence-electron chi connectivity index (χ1n) is 13.1. The van der Waals surface area contributed by atoms with Crippen LogP contribution in [0.25, 0.3) is 22.5 Å². The molecule has 212 valence electrons. The van der Waals surface area contributed by atoms with Crippen molar-refractivity contribution in [1.82, 2.24) is 15.3 Å². The number of carbonyl (C=O) groups is 2. The lowest BCUT2D eigenvalue weighted by molar-refractivity contribution is -0.120. The number of aromatic nitrogens is 2. The third-order valence-electron chi connectivity index (χ3n) is 5.92. The van der Waals surface area contributed by atoms with Gasteiger partial charge in [0.1, 0.15) is 6.29 Å². The summed E-state index contributed by atoms with van der Waals surface area (Å²) in [4.78, 5) is 37.6. The van der Waals surface area contributed by atoms with E-state index in [4.69, 9.17) is 10.8 Å². The lowest BCUT2D eigenvalue weighted by Gasteiger charge is -2.19. The summed E-state index contributed by atoms with van der Waals surface area (Å²) in [7, 11) is 1.00. The van der Waals surface area contributed by atoms with Crippen LogP contribution >= 0.6 is 0 Å². The van der Waals surface area contributed by atoms with Crippen LogP contribution in [0.4, 0.5) is 0 Å². The van der Waals surface area contributed by atoms with Crippen LogP contribution in [-0.4, -0.2) is 52.2 Å². The lowest BCUT2D eigenvalue weighted by atomic mass is 9.86. The summed E-state index contributed by atoms with van der Waals surface area (Å²) in [6, 6.07) is 15.4. The summed E-state index contributed by atoms with van der Waals surface area (Å²) in [5.41, 5.74) is 10.6. The Bertz CT molecular complexity index is 1300. The number of rotatable bonds is 8. The number of carbonyl (C=O) groups excluding carboxylic acids is 2. The minimum Gasteiger partial charge on any atom is -0.404 e. The topological polar surface area (TPSA) is 131 Å². The van der Waals surface area contributed by atoms with Crippen LogP contribution in [0.3, 0.4) is 0 Å². The fourth-order valence-corrected chi connectivity index (χ4v) is 3.66. The van der Waals surface area contributed by atoms with E-state index in [1.165, 1.54) is 18.0 Å². The molecule has 1 aromatic heterocycles. The zero-order valence-electron chi connectivity index (χ0n) is 24.5. The minimum absolute atomic E-state index is 0.105. The highest BCUT2D eigenvalue weighted by atomic mass is 16.2. The molecule has 0 saturated carbocycles. The van der Waals surface area contributed by atoms with Gasteiger partial charge >= 0.3 is 0 Å². The minimum atomic E-state index is -0.702. The molecule has 0 fully saturated rings. The van der Waals surface area contributed by atoms with Gasteiger partial charge in [-0.15, -0.1) is 0 Å². The standard InChI is InChI=1S/C31H37N5O2.CH4O/c1-30(2,3)26-13-11-22(12-14-26)25-17-33-28(34-18-25)23-9-7-21(8-10-23)15-27(20-37)36-29(38)24(16-32)19-35-31(4,5)6;1-2/h7-14,16-20,27H,15,32H2,1-6H3,(H,36,38);2H,1H3/b24-16+,35-19?;. The van der Waals surface area contributed by atoms with Crippen molar-refractivity contribution in [2.45, 2.75) is 65.0 Å². The monoisotopic (exact) mass is 543 g/mol. The molecule has 3 aromatic rings.